The molecule has 0 N–H and O–H groups in total. The molecule has 1 atom stereocenters. The fourth-order valence-corrected chi connectivity index (χ4v) is 1.18. The molecule has 1 rings (SSSR count). The molecule has 0 amide bonds. The zero-order chi connectivity index (χ0) is 8.97. The number of benzene rings is 1. The van der Waals surface area contributed by atoms with E-state index in [1.54, 1.807) is 0 Å². The molecule has 0 bridgehead atoms. The first-order valence-corrected chi connectivity index (χ1v) is 3.84. The van der Waals surface area contributed by atoms with Crippen LogP contribution in [0.3, 0.4) is 0 Å². The van der Waals surface area contributed by atoms with Crippen LogP contribution in [0.15, 0.2) is 24.3 Å². The minimum absolute atomic E-state index is 0.205. The topological polar surface area (TPSA) is 26.3 Å². The van der Waals surface area contributed by atoms with Crippen LogP contribution in [0.2, 0.25) is 0 Å². The largest absolute Gasteiger partial charge is 0.449 e. The van der Waals surface area contributed by atoms with Crippen molar-refractivity contribution in [3.63, 3.8) is 0 Å². The summed E-state index contributed by atoms with van der Waals surface area (Å²) in [7, 11) is 0. The van der Waals surface area contributed by atoms with Crippen molar-refractivity contribution in [3.05, 3.63) is 35.4 Å². The first-order chi connectivity index (χ1) is 5.75. The van der Waals surface area contributed by atoms with E-state index in [1.165, 1.54) is 6.47 Å². The quantitative estimate of drug-likeness (QED) is 0.682. The van der Waals surface area contributed by atoms with Gasteiger partial charge in [0.25, 0.3) is 0 Å². The summed E-state index contributed by atoms with van der Waals surface area (Å²) in [6.45, 7) is 5.26. The summed E-state index contributed by atoms with van der Waals surface area (Å²) < 4.78 is 4.70. The van der Waals surface area contributed by atoms with Crippen LogP contribution in [0.4, 0.5) is 0 Å². The van der Waals surface area contributed by atoms with E-state index >= 15 is 0 Å². The fraction of sp³-hybridized carbons (Fsp3) is 0.300. The second kappa shape index (κ2) is 3.90. The average molecular weight is 163 g/mol. The highest BCUT2D eigenvalue weighted by molar-refractivity contribution is 5.40. The van der Waals surface area contributed by atoms with Gasteiger partial charge in [0.1, 0.15) is 6.10 Å². The predicted molar refractivity (Wildman–Crippen MR) is 46.4 cm³/mol. The zero-order valence-electron chi connectivity index (χ0n) is 7.20. The van der Waals surface area contributed by atoms with Crippen LogP contribution >= 0.6 is 0 Å². The Balaban J connectivity index is 2.86. The van der Waals surface area contributed by atoms with Gasteiger partial charge in [-0.05, 0) is 25.0 Å². The molecule has 0 aliphatic heterocycles. The van der Waals surface area contributed by atoms with E-state index in [4.69, 9.17) is 4.74 Å². The maximum atomic E-state index is 9.95. The van der Waals surface area contributed by atoms with Gasteiger partial charge in [-0.1, -0.05) is 24.3 Å². The van der Waals surface area contributed by atoms with Crippen LogP contribution in [0.5, 0.6) is 0 Å². The third-order valence-electron chi connectivity index (χ3n) is 1.85. The van der Waals surface area contributed by atoms with Crippen LogP contribution in [0.1, 0.15) is 24.2 Å². The number of carbonyl (C=O) groups excluding carboxylic acids is 1. The molecule has 0 aliphatic rings. The second-order valence-electron chi connectivity index (χ2n) is 2.70. The molecule has 63 valence electrons. The molecule has 1 unspecified atom stereocenters. The summed E-state index contributed by atoms with van der Waals surface area (Å²) >= 11 is 0. The monoisotopic (exact) mass is 163 g/mol. The minimum atomic E-state index is -0.205. The molecule has 0 aliphatic carbocycles. The predicted octanol–water partition coefficient (Wildman–Crippen LogP) is 2.14. The lowest BCUT2D eigenvalue weighted by Crippen LogP contribution is -1.99. The lowest BCUT2D eigenvalue weighted by molar-refractivity contribution is 0.197. The Bertz CT molecular complexity index is 268. The van der Waals surface area contributed by atoms with Crippen molar-refractivity contribution >= 4 is 6.47 Å². The first-order valence-electron chi connectivity index (χ1n) is 3.84. The van der Waals surface area contributed by atoms with Crippen molar-refractivity contribution in [1.82, 2.24) is 0 Å². The Morgan fingerprint density at radius 2 is 2.08 bits per heavy atom. The molecule has 2 heteroatoms. The van der Waals surface area contributed by atoms with Gasteiger partial charge >= 0.3 is 6.47 Å². The number of aryl methyl sites for hydroxylation is 1. The molecule has 1 aromatic carbocycles. The number of hydrogen-bond donors (Lipinski definition) is 0. The van der Waals surface area contributed by atoms with Crippen molar-refractivity contribution in [2.45, 2.75) is 20.0 Å². The van der Waals surface area contributed by atoms with E-state index in [1.807, 2.05) is 38.1 Å². The van der Waals surface area contributed by atoms with Gasteiger partial charge in [0.05, 0.1) is 0 Å². The van der Waals surface area contributed by atoms with E-state index in [0.29, 0.717) is 0 Å². The van der Waals surface area contributed by atoms with Crippen molar-refractivity contribution in [2.24, 2.45) is 0 Å². The standard InChI is InChI=1S/C10H11O2/c1-8-5-3-4-6-10(8)9(2)12-7-11/h3-6,9H,1-2H3. The molecular weight excluding hydrogens is 152 g/mol. The number of hydrogen-bond acceptors (Lipinski definition) is 2. The first kappa shape index (κ1) is 8.78. The van der Waals surface area contributed by atoms with Gasteiger partial charge in [-0.15, -0.1) is 0 Å². The molecule has 0 spiro atoms. The number of ether oxygens (including phenoxy) is 1. The van der Waals surface area contributed by atoms with E-state index in [-0.39, 0.29) is 6.10 Å². The summed E-state index contributed by atoms with van der Waals surface area (Å²) in [5.41, 5.74) is 2.15. The Labute approximate surface area is 72.2 Å². The van der Waals surface area contributed by atoms with Crippen molar-refractivity contribution in [2.75, 3.05) is 0 Å². The van der Waals surface area contributed by atoms with Gasteiger partial charge in [0.2, 0.25) is 0 Å². The van der Waals surface area contributed by atoms with Gasteiger partial charge in [-0.3, -0.25) is 0 Å². The molecule has 0 heterocycles. The van der Waals surface area contributed by atoms with E-state index in [2.05, 4.69) is 0 Å². The SMILES string of the molecule is Cc1ccccc1C(C)O[C]=O. The zero-order valence-corrected chi connectivity index (χ0v) is 7.20. The normalized spacial score (nSPS) is 12.2. The van der Waals surface area contributed by atoms with Crippen LogP contribution in [-0.2, 0) is 9.53 Å². The second-order valence-corrected chi connectivity index (χ2v) is 2.70. The third kappa shape index (κ3) is 1.84. The molecule has 0 saturated heterocycles. The van der Waals surface area contributed by atoms with Crippen molar-refractivity contribution < 1.29 is 9.53 Å². The van der Waals surface area contributed by atoms with Gasteiger partial charge in [0, 0.05) is 0 Å². The number of rotatable bonds is 3. The smallest absolute Gasteiger partial charge is 0.418 e. The Morgan fingerprint density at radius 1 is 1.42 bits per heavy atom. The Hall–Kier alpha value is -1.31. The summed E-state index contributed by atoms with van der Waals surface area (Å²) in [6.07, 6.45) is -0.205. The summed E-state index contributed by atoms with van der Waals surface area (Å²) in [5.74, 6) is 0. The van der Waals surface area contributed by atoms with E-state index in [0.717, 1.165) is 11.1 Å². The molecule has 2 nitrogen and oxygen atoms in total. The maximum Gasteiger partial charge on any atom is 0.418 e. The molecule has 1 aromatic rings. The molecule has 1 radical (unpaired) electrons. The lowest BCUT2D eigenvalue weighted by Gasteiger charge is -2.11. The molecule has 0 aromatic heterocycles. The molecular formula is C10H11O2. The summed E-state index contributed by atoms with van der Waals surface area (Å²) in [5, 5.41) is 0. The summed E-state index contributed by atoms with van der Waals surface area (Å²) in [6, 6.07) is 7.81. The van der Waals surface area contributed by atoms with Gasteiger partial charge in [-0.2, -0.15) is 0 Å². The van der Waals surface area contributed by atoms with Crippen molar-refractivity contribution in [3.8, 4) is 0 Å². The van der Waals surface area contributed by atoms with Gasteiger partial charge < -0.3 is 4.74 Å². The molecule has 0 saturated carbocycles. The lowest BCUT2D eigenvalue weighted by atomic mass is 10.1. The third-order valence-corrected chi connectivity index (χ3v) is 1.85. The van der Waals surface area contributed by atoms with Crippen LogP contribution < -0.4 is 0 Å². The van der Waals surface area contributed by atoms with Crippen LogP contribution in [0, 0.1) is 6.92 Å². The highest BCUT2D eigenvalue weighted by Crippen LogP contribution is 2.18. The Kier molecular flexibility index (Phi) is 2.86. The maximum absolute atomic E-state index is 9.95. The van der Waals surface area contributed by atoms with E-state index in [9.17, 15) is 4.79 Å². The molecule has 0 fully saturated rings. The van der Waals surface area contributed by atoms with Crippen LogP contribution in [-0.4, -0.2) is 6.47 Å². The average Bonchev–Trinajstić information content (AvgIpc) is 2.05. The molecule has 12 heavy (non-hydrogen) atoms. The highest BCUT2D eigenvalue weighted by atomic mass is 16.5. The minimum Gasteiger partial charge on any atom is -0.449 e. The van der Waals surface area contributed by atoms with Gasteiger partial charge in [0.15, 0.2) is 0 Å². The van der Waals surface area contributed by atoms with Crippen LogP contribution in [0.25, 0.3) is 0 Å². The fourth-order valence-electron chi connectivity index (χ4n) is 1.18. The van der Waals surface area contributed by atoms with Crippen molar-refractivity contribution in [1.29, 1.82) is 0 Å². The van der Waals surface area contributed by atoms with Gasteiger partial charge in [-0.25, -0.2) is 4.79 Å². The Morgan fingerprint density at radius 3 is 2.67 bits per heavy atom. The summed E-state index contributed by atoms with van der Waals surface area (Å²) in [4.78, 5) is 9.95. The van der Waals surface area contributed by atoms with E-state index < -0.39 is 0 Å². The highest BCUT2D eigenvalue weighted by Gasteiger charge is 2.07.